The molecule has 4 aliphatic heterocycles. The van der Waals surface area contributed by atoms with Gasteiger partial charge in [-0.05, 0) is 47.5 Å². The van der Waals surface area contributed by atoms with E-state index in [1.807, 2.05) is 60.7 Å². The number of amides is 8. The number of esters is 2. The maximum Gasteiger partial charge on any atom is 0.310 e. The maximum atomic E-state index is 14.1. The summed E-state index contributed by atoms with van der Waals surface area (Å²) in [5.74, 6) is -9.92. The van der Waals surface area contributed by atoms with Crippen molar-refractivity contribution in [2.45, 2.75) is 85.1 Å². The molecule has 0 saturated carbocycles. The first-order valence-corrected chi connectivity index (χ1v) is 29.3. The average molecular weight is 1340 g/mol. The van der Waals surface area contributed by atoms with E-state index in [0.29, 0.717) is 0 Å². The number of Topliss-reactive ketones (excluding diaryl/α,β-unsaturated/α-hetero) is 2. The van der Waals surface area contributed by atoms with Gasteiger partial charge in [-0.2, -0.15) is 0 Å². The number of carbonyl (C=O) groups is 12. The van der Waals surface area contributed by atoms with Crippen LogP contribution in [-0.4, -0.2) is 171 Å². The molecule has 512 valence electrons. The van der Waals surface area contributed by atoms with Gasteiger partial charge in [0.05, 0.1) is 76.1 Å². The van der Waals surface area contributed by atoms with Gasteiger partial charge in [-0.1, -0.05) is 144 Å². The van der Waals surface area contributed by atoms with Crippen LogP contribution in [0.15, 0.2) is 158 Å². The molecule has 0 spiro atoms. The minimum absolute atomic E-state index is 0. The van der Waals surface area contributed by atoms with E-state index in [4.69, 9.17) is 28.4 Å². The molecule has 6 atom stereocenters. The van der Waals surface area contributed by atoms with E-state index in [-0.39, 0.29) is 93.7 Å². The Bertz CT molecular complexity index is 3820. The number of benzene rings is 6. The number of rotatable bonds is 22. The lowest BCUT2D eigenvalue weighted by molar-refractivity contribution is -0.168. The Labute approximate surface area is 558 Å². The fraction of sp³-hybridized carbons (Fsp3) is 0.304. The van der Waals surface area contributed by atoms with Crippen molar-refractivity contribution in [3.63, 3.8) is 0 Å². The fourth-order valence-electron chi connectivity index (χ4n) is 10.6. The largest absolute Gasteiger partial charge is 0.496 e. The van der Waals surface area contributed by atoms with Crippen molar-refractivity contribution in [2.75, 3.05) is 73.2 Å². The van der Waals surface area contributed by atoms with Crippen LogP contribution in [0.3, 0.4) is 0 Å². The molecule has 2 fully saturated rings. The second-order valence-corrected chi connectivity index (χ2v) is 21.3. The third kappa shape index (κ3) is 18.2. The number of ether oxygens (including phenoxy) is 6. The van der Waals surface area contributed by atoms with Crippen LogP contribution in [-0.2, 0) is 80.1 Å². The molecule has 4 heterocycles. The SMILES string of the molecule is C.C.C.COc1cccc(OC)c1C(=O)C(=O)N[C@H]1CN(C(=O)CO)c2ccccc2N(CC(=O)N[C@H]2CC(=O)OC2OCc2ccccc2)C1=O.O=C(CN1C(=O)[C@@H](NC(=O)C(=O)c2ccccc2)CN(C(=O)CO)c2ccccc21)N[C@H]1CC(=O)OC1OCc1ccccc1. The fourth-order valence-corrected chi connectivity index (χ4v) is 10.6. The average Bonchev–Trinajstić information content (AvgIpc) is 1.70. The van der Waals surface area contributed by atoms with Crippen LogP contribution in [0.5, 0.6) is 11.5 Å². The lowest BCUT2D eigenvalue weighted by Crippen LogP contribution is -2.56. The Morgan fingerprint density at radius 3 is 1.21 bits per heavy atom. The van der Waals surface area contributed by atoms with Gasteiger partial charge in [0.15, 0.2) is 0 Å². The summed E-state index contributed by atoms with van der Waals surface area (Å²) in [5.41, 5.74) is 2.20. The molecule has 10 rings (SSSR count). The second-order valence-electron chi connectivity index (χ2n) is 21.3. The van der Waals surface area contributed by atoms with Crippen molar-refractivity contribution in [2.24, 2.45) is 0 Å². The van der Waals surface area contributed by atoms with Gasteiger partial charge in [0, 0.05) is 5.56 Å². The predicted molar refractivity (Wildman–Crippen MR) is 350 cm³/mol. The lowest BCUT2D eigenvalue weighted by Gasteiger charge is -2.26. The zero-order chi connectivity index (χ0) is 67.0. The molecule has 0 bridgehead atoms. The van der Waals surface area contributed by atoms with Crippen molar-refractivity contribution >= 4 is 93.5 Å². The van der Waals surface area contributed by atoms with Gasteiger partial charge in [-0.3, -0.25) is 67.3 Å². The van der Waals surface area contributed by atoms with E-state index in [0.717, 1.165) is 30.7 Å². The van der Waals surface area contributed by atoms with E-state index < -0.39 is 147 Å². The van der Waals surface area contributed by atoms with Crippen LogP contribution in [0.1, 0.15) is 67.0 Å². The summed E-state index contributed by atoms with van der Waals surface area (Å²) in [4.78, 5) is 162. The number of para-hydroxylation sites is 4. The van der Waals surface area contributed by atoms with Crippen molar-refractivity contribution in [3.8, 4) is 11.5 Å². The molecule has 0 aromatic heterocycles. The predicted octanol–water partition coefficient (Wildman–Crippen LogP) is 3.33. The standard InChI is InChI=1S/C34H34N4O11.C32H30N4O9.3CH4/c1-46-25-13-8-14-26(47-2)30(25)31(43)32(44)36-22-16-37(28(41)18-39)23-11-6-7-12-24(23)38(33(22)45)17-27(40)35-21-15-29(42)49-34(21)48-19-20-9-4-3-5-10-20;37-18-27(39)35-16-23(34-30(42)29(41)21-11-5-2-6-12-21)31(43)36(25-14-8-7-13-24(25)35)17-26(38)33-22-15-28(40)45-32(22)44-19-20-9-3-1-4-10-20;;;/h3-14,21-22,34,39H,15-19H2,1-2H3,(H,35,40)(H,36,44);1-14,22-23,32,37H,15-19H2,(H,33,38)(H,34,42);3*1H4/t21-,22-,34?;22-,23-,32?;;;/m00.../s1. The molecular formula is C69H76N8O20. The number of aliphatic hydroxyl groups excluding tert-OH is 2. The van der Waals surface area contributed by atoms with Crippen molar-refractivity contribution in [3.05, 3.63) is 180 Å². The summed E-state index contributed by atoms with van der Waals surface area (Å²) in [6.45, 7) is -3.68. The molecular weight excluding hydrogens is 1260 g/mol. The summed E-state index contributed by atoms with van der Waals surface area (Å²) in [7, 11) is 2.62. The van der Waals surface area contributed by atoms with Crippen LogP contribution >= 0.6 is 0 Å². The number of ketones is 2. The van der Waals surface area contributed by atoms with Crippen LogP contribution in [0.4, 0.5) is 22.7 Å². The van der Waals surface area contributed by atoms with E-state index >= 15 is 0 Å². The van der Waals surface area contributed by atoms with Gasteiger partial charge >= 0.3 is 11.9 Å². The van der Waals surface area contributed by atoms with Crippen molar-refractivity contribution in [1.29, 1.82) is 0 Å². The molecule has 28 heteroatoms. The number of fused-ring (bicyclic) bond motifs is 2. The number of hydrogen-bond acceptors (Lipinski definition) is 20. The Balaban J connectivity index is 0.000000298. The molecule has 6 N–H and O–H groups in total. The van der Waals surface area contributed by atoms with Gasteiger partial charge < -0.3 is 69.7 Å². The Morgan fingerprint density at radius 1 is 0.464 bits per heavy atom. The summed E-state index contributed by atoms with van der Waals surface area (Å²) in [6, 6.07) is 38.2. The van der Waals surface area contributed by atoms with Gasteiger partial charge in [-0.15, -0.1) is 0 Å². The summed E-state index contributed by atoms with van der Waals surface area (Å²) < 4.78 is 32.5. The first-order chi connectivity index (χ1) is 45.4. The van der Waals surface area contributed by atoms with Gasteiger partial charge in [0.1, 0.15) is 67.5 Å². The first kappa shape index (κ1) is 74.8. The zero-order valence-corrected chi connectivity index (χ0v) is 50.6. The van der Waals surface area contributed by atoms with Crippen molar-refractivity contribution < 1.29 is 96.2 Å². The summed E-state index contributed by atoms with van der Waals surface area (Å²) in [5, 5.41) is 29.6. The van der Waals surface area contributed by atoms with E-state index in [1.54, 1.807) is 48.5 Å². The highest BCUT2D eigenvalue weighted by atomic mass is 16.7. The van der Waals surface area contributed by atoms with Crippen LogP contribution < -0.4 is 50.3 Å². The smallest absolute Gasteiger partial charge is 0.310 e. The summed E-state index contributed by atoms with van der Waals surface area (Å²) >= 11 is 0. The number of nitrogens with zero attached hydrogens (tertiary/aromatic N) is 4. The number of cyclic esters (lactones) is 2. The quantitative estimate of drug-likeness (QED) is 0.0322. The lowest BCUT2D eigenvalue weighted by atomic mass is 10.1. The third-order valence-corrected chi connectivity index (χ3v) is 15.1. The highest BCUT2D eigenvalue weighted by molar-refractivity contribution is 6.44. The normalized spacial score (nSPS) is 18.3. The Morgan fingerprint density at radius 2 is 0.825 bits per heavy atom. The highest BCUT2D eigenvalue weighted by Gasteiger charge is 2.44. The highest BCUT2D eigenvalue weighted by Crippen LogP contribution is 2.36. The van der Waals surface area contributed by atoms with E-state index in [9.17, 15) is 67.7 Å². The Kier molecular flexibility index (Phi) is 26.9. The monoisotopic (exact) mass is 1340 g/mol. The minimum atomic E-state index is -1.55. The number of nitrogens with one attached hydrogen (secondary N) is 4. The molecule has 6 aromatic rings. The molecule has 4 aliphatic rings. The molecule has 0 radical (unpaired) electrons. The van der Waals surface area contributed by atoms with E-state index in [2.05, 4.69) is 21.3 Å². The van der Waals surface area contributed by atoms with E-state index in [1.165, 1.54) is 62.8 Å². The zero-order valence-electron chi connectivity index (χ0n) is 50.6. The second kappa shape index (κ2) is 34.8. The number of methoxy groups -OCH3 is 2. The number of hydrogen-bond donors (Lipinski definition) is 6. The van der Waals surface area contributed by atoms with Crippen LogP contribution in [0, 0.1) is 0 Å². The molecule has 2 unspecified atom stereocenters. The third-order valence-electron chi connectivity index (χ3n) is 15.1. The summed E-state index contributed by atoms with van der Waals surface area (Å²) in [6.07, 6.45) is -2.50. The maximum absolute atomic E-state index is 14.1. The topological polar surface area (TPSA) is 362 Å². The number of aliphatic hydroxyl groups is 2. The molecule has 97 heavy (non-hydrogen) atoms. The molecule has 6 aromatic carbocycles. The minimum Gasteiger partial charge on any atom is -0.496 e. The number of anilines is 4. The molecule has 0 aliphatic carbocycles. The van der Waals surface area contributed by atoms with Crippen molar-refractivity contribution in [1.82, 2.24) is 21.3 Å². The van der Waals surface area contributed by atoms with Gasteiger partial charge in [-0.25, -0.2) is 0 Å². The van der Waals surface area contributed by atoms with Gasteiger partial charge in [0.2, 0.25) is 30.2 Å². The van der Waals surface area contributed by atoms with Crippen LogP contribution in [0.2, 0.25) is 0 Å². The van der Waals surface area contributed by atoms with Crippen LogP contribution in [0.25, 0.3) is 0 Å². The molecule has 28 nitrogen and oxygen atoms in total. The number of carbonyl (C=O) groups excluding carboxylic acids is 12. The molecule has 8 amide bonds. The molecule has 2 saturated heterocycles. The van der Waals surface area contributed by atoms with Gasteiger partial charge in [0.25, 0.3) is 41.2 Å². The first-order valence-electron chi connectivity index (χ1n) is 29.3. The Hall–Kier alpha value is -11.2.